The Labute approximate surface area is 174 Å². The molecule has 2 aromatic rings. The molecule has 30 heavy (non-hydrogen) atoms. The van der Waals surface area contributed by atoms with Gasteiger partial charge in [-0.05, 0) is 35.6 Å². The number of carbonyl (C=O) groups is 1. The predicted molar refractivity (Wildman–Crippen MR) is 114 cm³/mol. The summed E-state index contributed by atoms with van der Waals surface area (Å²) in [4.78, 5) is 32.9. The van der Waals surface area contributed by atoms with Crippen LogP contribution in [0.3, 0.4) is 0 Å². The number of fused-ring (bicyclic) bond motifs is 1. The summed E-state index contributed by atoms with van der Waals surface area (Å²) in [5.74, 6) is 1.63. The number of benzene rings is 1. The van der Waals surface area contributed by atoms with E-state index in [1.54, 1.807) is 17.2 Å². The van der Waals surface area contributed by atoms with Crippen molar-refractivity contribution in [2.75, 3.05) is 44.6 Å². The van der Waals surface area contributed by atoms with Gasteiger partial charge in [-0.1, -0.05) is 12.1 Å². The SMILES string of the molecule is N[C@@H]1C2CN(Cc3ccc(-n4ccc(NC(=O)N5CCNCC5)nc4=O)cc3)C[C@H]21. The fraction of sp³-hybridized carbons (Fsp3) is 0.476. The van der Waals surface area contributed by atoms with Crippen molar-refractivity contribution in [2.24, 2.45) is 17.6 Å². The van der Waals surface area contributed by atoms with Crippen molar-refractivity contribution in [1.29, 1.82) is 0 Å². The molecule has 1 aromatic carbocycles. The van der Waals surface area contributed by atoms with E-state index in [1.807, 2.05) is 24.3 Å². The molecule has 4 N–H and O–H groups in total. The van der Waals surface area contributed by atoms with Crippen LogP contribution in [0.2, 0.25) is 0 Å². The van der Waals surface area contributed by atoms with E-state index in [0.717, 1.165) is 38.4 Å². The Morgan fingerprint density at radius 2 is 1.83 bits per heavy atom. The zero-order chi connectivity index (χ0) is 20.7. The molecule has 0 radical (unpaired) electrons. The molecule has 1 aromatic heterocycles. The van der Waals surface area contributed by atoms with Crippen LogP contribution in [-0.2, 0) is 6.54 Å². The average molecular weight is 409 g/mol. The number of nitrogens with one attached hydrogen (secondary N) is 2. The van der Waals surface area contributed by atoms with E-state index >= 15 is 0 Å². The number of hydrogen-bond donors (Lipinski definition) is 3. The van der Waals surface area contributed by atoms with Crippen LogP contribution in [0.4, 0.5) is 10.6 Å². The van der Waals surface area contributed by atoms with Crippen molar-refractivity contribution >= 4 is 11.8 Å². The minimum atomic E-state index is -0.422. The summed E-state index contributed by atoms with van der Waals surface area (Å²) >= 11 is 0. The van der Waals surface area contributed by atoms with Crippen LogP contribution >= 0.6 is 0 Å². The van der Waals surface area contributed by atoms with E-state index < -0.39 is 5.69 Å². The lowest BCUT2D eigenvalue weighted by Crippen LogP contribution is -2.48. The molecule has 1 aliphatic carbocycles. The Morgan fingerprint density at radius 3 is 2.50 bits per heavy atom. The second kappa shape index (κ2) is 7.82. The van der Waals surface area contributed by atoms with Gasteiger partial charge in [0, 0.05) is 58.1 Å². The van der Waals surface area contributed by atoms with Gasteiger partial charge in [-0.15, -0.1) is 0 Å². The second-order valence-electron chi connectivity index (χ2n) is 8.40. The third-order valence-corrected chi connectivity index (χ3v) is 6.40. The van der Waals surface area contributed by atoms with Crippen LogP contribution in [0.1, 0.15) is 5.56 Å². The smallest absolute Gasteiger partial charge is 0.327 e. The normalized spacial score (nSPS) is 25.8. The van der Waals surface area contributed by atoms with Gasteiger partial charge in [-0.3, -0.25) is 14.8 Å². The van der Waals surface area contributed by atoms with Crippen LogP contribution < -0.4 is 22.1 Å². The third kappa shape index (κ3) is 3.83. The molecule has 2 aliphatic heterocycles. The molecule has 9 nitrogen and oxygen atoms in total. The Bertz CT molecular complexity index is 972. The maximum absolute atomic E-state index is 12.5. The highest BCUT2D eigenvalue weighted by molar-refractivity contribution is 5.88. The van der Waals surface area contributed by atoms with Crippen LogP contribution in [-0.4, -0.2) is 70.7 Å². The van der Waals surface area contributed by atoms with Gasteiger partial charge in [-0.2, -0.15) is 4.98 Å². The van der Waals surface area contributed by atoms with Crippen LogP contribution in [0.25, 0.3) is 5.69 Å². The maximum Gasteiger partial charge on any atom is 0.354 e. The summed E-state index contributed by atoms with van der Waals surface area (Å²) in [5, 5.41) is 5.91. The summed E-state index contributed by atoms with van der Waals surface area (Å²) in [6, 6.07) is 9.78. The van der Waals surface area contributed by atoms with Crippen molar-refractivity contribution in [2.45, 2.75) is 12.6 Å². The van der Waals surface area contributed by atoms with Crippen molar-refractivity contribution in [1.82, 2.24) is 24.7 Å². The molecular formula is C21H27N7O2. The minimum absolute atomic E-state index is 0.231. The molecule has 3 aliphatic rings. The number of carbonyl (C=O) groups excluding carboxylic acids is 1. The molecule has 2 amide bonds. The predicted octanol–water partition coefficient (Wildman–Crippen LogP) is 0.0585. The fourth-order valence-corrected chi connectivity index (χ4v) is 4.53. The highest BCUT2D eigenvalue weighted by Crippen LogP contribution is 2.44. The molecule has 5 rings (SSSR count). The Kier molecular flexibility index (Phi) is 5.01. The Morgan fingerprint density at radius 1 is 1.13 bits per heavy atom. The standard InChI is InChI=1S/C21H27N7O2/c22-19-16-12-26(13-17(16)19)11-14-1-3-15(4-2-14)28-8-5-18(25-21(28)30)24-20(29)27-9-6-23-7-10-27/h1-5,8,16-17,19,23H,6-7,9-13,22H2,(H,24,25,29,30)/t16-,17?,19+/m1/s1. The second-order valence-corrected chi connectivity index (χ2v) is 8.40. The molecule has 0 spiro atoms. The molecular weight excluding hydrogens is 382 g/mol. The van der Waals surface area contributed by atoms with Crippen molar-refractivity contribution in [3.8, 4) is 5.69 Å². The molecule has 1 saturated carbocycles. The van der Waals surface area contributed by atoms with Gasteiger partial charge in [0.2, 0.25) is 0 Å². The number of likely N-dealkylation sites (tertiary alicyclic amines) is 1. The first-order chi connectivity index (χ1) is 14.6. The average Bonchev–Trinajstić information content (AvgIpc) is 3.16. The van der Waals surface area contributed by atoms with E-state index in [1.165, 1.54) is 10.1 Å². The highest BCUT2D eigenvalue weighted by atomic mass is 16.2. The van der Waals surface area contributed by atoms with Gasteiger partial charge < -0.3 is 16.0 Å². The Hall–Kier alpha value is -2.75. The quantitative estimate of drug-likeness (QED) is 0.659. The summed E-state index contributed by atoms with van der Waals surface area (Å²) in [6.07, 6.45) is 1.65. The van der Waals surface area contributed by atoms with E-state index in [0.29, 0.717) is 31.0 Å². The number of nitrogens with zero attached hydrogens (tertiary/aromatic N) is 4. The van der Waals surface area contributed by atoms with E-state index in [2.05, 4.69) is 20.5 Å². The lowest BCUT2D eigenvalue weighted by molar-refractivity contribution is 0.204. The van der Waals surface area contributed by atoms with Gasteiger partial charge in [0.15, 0.2) is 0 Å². The van der Waals surface area contributed by atoms with E-state index in [4.69, 9.17) is 5.73 Å². The highest BCUT2D eigenvalue weighted by Gasteiger charge is 2.53. The zero-order valence-electron chi connectivity index (χ0n) is 16.8. The molecule has 9 heteroatoms. The van der Waals surface area contributed by atoms with Crippen LogP contribution in [0, 0.1) is 11.8 Å². The van der Waals surface area contributed by atoms with Crippen LogP contribution in [0.5, 0.6) is 0 Å². The molecule has 2 saturated heterocycles. The summed E-state index contributed by atoms with van der Waals surface area (Å²) in [5.41, 5.74) is 7.56. The minimum Gasteiger partial charge on any atom is -0.327 e. The van der Waals surface area contributed by atoms with Gasteiger partial charge in [0.1, 0.15) is 5.82 Å². The first kappa shape index (κ1) is 19.2. The van der Waals surface area contributed by atoms with Crippen molar-refractivity contribution in [3.05, 3.63) is 52.6 Å². The number of amides is 2. The molecule has 1 unspecified atom stereocenters. The zero-order valence-corrected chi connectivity index (χ0v) is 16.8. The third-order valence-electron chi connectivity index (χ3n) is 6.40. The topological polar surface area (TPSA) is 109 Å². The van der Waals surface area contributed by atoms with Crippen LogP contribution in [0.15, 0.2) is 41.3 Å². The fourth-order valence-electron chi connectivity index (χ4n) is 4.53. The van der Waals surface area contributed by atoms with Gasteiger partial charge in [-0.25, -0.2) is 9.59 Å². The number of hydrogen-bond acceptors (Lipinski definition) is 6. The first-order valence-corrected chi connectivity index (χ1v) is 10.5. The molecule has 3 atom stereocenters. The largest absolute Gasteiger partial charge is 0.354 e. The monoisotopic (exact) mass is 409 g/mol. The summed E-state index contributed by atoms with van der Waals surface area (Å²) in [6.45, 7) is 5.89. The molecule has 3 heterocycles. The number of aromatic nitrogens is 2. The van der Waals surface area contributed by atoms with Gasteiger partial charge >= 0.3 is 11.7 Å². The molecule has 3 fully saturated rings. The van der Waals surface area contributed by atoms with Crippen molar-refractivity contribution in [3.63, 3.8) is 0 Å². The van der Waals surface area contributed by atoms with E-state index in [-0.39, 0.29) is 11.8 Å². The molecule has 158 valence electrons. The summed E-state index contributed by atoms with van der Waals surface area (Å²) in [7, 11) is 0. The lowest BCUT2D eigenvalue weighted by atomic mass is 10.2. The number of piperazine rings is 1. The number of rotatable bonds is 4. The van der Waals surface area contributed by atoms with Gasteiger partial charge in [0.05, 0.1) is 5.69 Å². The number of nitrogens with two attached hydrogens (primary N) is 1. The van der Waals surface area contributed by atoms with Gasteiger partial charge in [0.25, 0.3) is 0 Å². The van der Waals surface area contributed by atoms with Crippen molar-refractivity contribution < 1.29 is 4.79 Å². The maximum atomic E-state index is 12.5. The Balaban J connectivity index is 1.22. The van der Waals surface area contributed by atoms with E-state index in [9.17, 15) is 9.59 Å². The molecule has 0 bridgehead atoms. The number of piperidine rings is 1. The first-order valence-electron chi connectivity index (χ1n) is 10.5. The lowest BCUT2D eigenvalue weighted by Gasteiger charge is -2.27. The summed E-state index contributed by atoms with van der Waals surface area (Å²) < 4.78 is 1.48. The number of urea groups is 1. The number of anilines is 1.